The zero-order valence-corrected chi connectivity index (χ0v) is 33.0. The van der Waals surface area contributed by atoms with Crippen molar-refractivity contribution in [3.05, 3.63) is 46.4 Å². The number of hydrogen-bond acceptors (Lipinski definition) is 10. The van der Waals surface area contributed by atoms with Crippen molar-refractivity contribution in [2.24, 2.45) is 17.8 Å². The minimum absolute atomic E-state index is 0.170. The minimum atomic E-state index is -3.94. The highest BCUT2D eigenvalue weighted by Crippen LogP contribution is 2.49. The van der Waals surface area contributed by atoms with Crippen molar-refractivity contribution in [1.29, 1.82) is 0 Å². The smallest absolute Gasteiger partial charge is 0.259 e. The standard InChI is InChI=1S/C38H46ClN5O7S2/c1-21(2)28-20-52-34(41-28)27-18-30(24-11-12-29(50-5)31(39)32(24)40-27)51-23-16-25-26(17-23)35(46)44(4)15-9-7-6-8-10-22-19-38(22,42-33(25)45)36(47)43-53(48,49)37(3)13-14-37/h8,10-12,18,20-23,25-26H,6-7,9,13-17,19H2,1-5H3,(H,42,45)(H,43,47)/t22-,23?,25-,26?,38-/m1/s1. The Kier molecular flexibility index (Phi) is 10.0. The fourth-order valence-corrected chi connectivity index (χ4v) is 9.95. The molecular formula is C38H46ClN5O7S2. The van der Waals surface area contributed by atoms with Crippen molar-refractivity contribution < 1.29 is 32.3 Å². The molecule has 4 aliphatic rings. The number of sulfonamides is 1. The first kappa shape index (κ1) is 37.6. The summed E-state index contributed by atoms with van der Waals surface area (Å²) in [4.78, 5) is 53.5. The highest BCUT2D eigenvalue weighted by molar-refractivity contribution is 7.91. The third-order valence-corrected chi connectivity index (χ3v) is 14.7. The number of halogens is 1. The van der Waals surface area contributed by atoms with Crippen LogP contribution in [-0.4, -0.2) is 78.1 Å². The van der Waals surface area contributed by atoms with E-state index in [0.29, 0.717) is 57.5 Å². The molecule has 2 unspecified atom stereocenters. The van der Waals surface area contributed by atoms with Gasteiger partial charge in [0.1, 0.15) is 38.9 Å². The third-order valence-electron chi connectivity index (χ3n) is 11.3. The zero-order valence-electron chi connectivity index (χ0n) is 30.6. The van der Waals surface area contributed by atoms with Crippen LogP contribution in [-0.2, 0) is 24.4 Å². The average molecular weight is 784 g/mol. The van der Waals surface area contributed by atoms with E-state index in [1.165, 1.54) is 18.4 Å². The van der Waals surface area contributed by atoms with E-state index in [2.05, 4.69) is 23.9 Å². The number of fused-ring (bicyclic) bond motifs is 3. The molecule has 7 rings (SSSR count). The first-order valence-corrected chi connectivity index (χ1v) is 21.0. The molecule has 3 heterocycles. The summed E-state index contributed by atoms with van der Waals surface area (Å²) in [6, 6.07) is 5.39. The summed E-state index contributed by atoms with van der Waals surface area (Å²) in [5.41, 5.74) is 0.556. The van der Waals surface area contributed by atoms with Gasteiger partial charge < -0.3 is 19.7 Å². The number of carbonyl (C=O) groups excluding carboxylic acids is 3. The summed E-state index contributed by atoms with van der Waals surface area (Å²) in [6.07, 6.45) is 7.33. The van der Waals surface area contributed by atoms with E-state index in [1.807, 2.05) is 29.7 Å². The summed E-state index contributed by atoms with van der Waals surface area (Å²) in [5, 5.41) is 6.62. The second kappa shape index (κ2) is 14.2. The van der Waals surface area contributed by atoms with Gasteiger partial charge >= 0.3 is 0 Å². The highest BCUT2D eigenvalue weighted by Gasteiger charge is 2.63. The number of carbonyl (C=O) groups is 3. The van der Waals surface area contributed by atoms with Crippen LogP contribution >= 0.6 is 22.9 Å². The van der Waals surface area contributed by atoms with Gasteiger partial charge in [0.15, 0.2) is 0 Å². The third kappa shape index (κ3) is 7.14. The molecule has 53 heavy (non-hydrogen) atoms. The number of nitrogens with one attached hydrogen (secondary N) is 2. The number of hydrogen-bond donors (Lipinski definition) is 2. The number of allylic oxidation sites excluding steroid dienone is 1. The van der Waals surface area contributed by atoms with Crippen LogP contribution in [0.3, 0.4) is 0 Å². The molecule has 3 fully saturated rings. The second-order valence-electron chi connectivity index (χ2n) is 15.5. The van der Waals surface area contributed by atoms with E-state index in [4.69, 9.17) is 31.0 Å². The fraction of sp³-hybridized carbons (Fsp3) is 0.553. The summed E-state index contributed by atoms with van der Waals surface area (Å²) < 4.78 is 39.7. The number of rotatable bonds is 8. The summed E-state index contributed by atoms with van der Waals surface area (Å²) in [6.45, 7) is 6.30. The van der Waals surface area contributed by atoms with Crippen LogP contribution in [0.25, 0.3) is 21.6 Å². The van der Waals surface area contributed by atoms with Crippen LogP contribution in [0.5, 0.6) is 11.5 Å². The fourth-order valence-electron chi connectivity index (χ4n) is 7.41. The summed E-state index contributed by atoms with van der Waals surface area (Å²) >= 11 is 8.27. The number of aromatic nitrogens is 2. The number of methoxy groups -OCH3 is 1. The van der Waals surface area contributed by atoms with Gasteiger partial charge in [0.2, 0.25) is 21.8 Å². The van der Waals surface area contributed by atoms with Crippen LogP contribution in [0.4, 0.5) is 0 Å². The Hall–Kier alpha value is -3.75. The first-order valence-electron chi connectivity index (χ1n) is 18.3. The molecule has 15 heteroatoms. The molecule has 3 aliphatic carbocycles. The van der Waals surface area contributed by atoms with Gasteiger partial charge in [-0.25, -0.2) is 18.4 Å². The molecule has 0 radical (unpaired) electrons. The van der Waals surface area contributed by atoms with Gasteiger partial charge in [-0.2, -0.15) is 0 Å². The zero-order chi connectivity index (χ0) is 37.9. The molecule has 0 spiro atoms. The predicted octanol–water partition coefficient (Wildman–Crippen LogP) is 5.99. The minimum Gasteiger partial charge on any atom is -0.495 e. The number of thiazole rings is 1. The van der Waals surface area contributed by atoms with E-state index in [0.717, 1.165) is 25.0 Å². The van der Waals surface area contributed by atoms with E-state index in [9.17, 15) is 22.8 Å². The SMILES string of the molecule is COc1ccc2c(OC3CC4C(=O)N(C)CCCCC=C[C@@H]5C[C@@]5(C(=O)NS(=O)(=O)C5(C)CC5)NC(=O)[C@@H]4C3)cc(-c3nc(C(C)C)cs3)nc2c1Cl. The van der Waals surface area contributed by atoms with Crippen molar-refractivity contribution in [2.75, 3.05) is 20.7 Å². The molecular weight excluding hydrogens is 738 g/mol. The van der Waals surface area contributed by atoms with E-state index in [-0.39, 0.29) is 37.0 Å². The molecule has 3 amide bonds. The van der Waals surface area contributed by atoms with Gasteiger partial charge in [0.05, 0.1) is 34.9 Å². The second-order valence-corrected chi connectivity index (χ2v) is 18.9. The van der Waals surface area contributed by atoms with Crippen LogP contribution < -0.4 is 19.5 Å². The van der Waals surface area contributed by atoms with Crippen LogP contribution in [0.2, 0.25) is 5.02 Å². The lowest BCUT2D eigenvalue weighted by Gasteiger charge is -2.27. The first-order chi connectivity index (χ1) is 25.2. The summed E-state index contributed by atoms with van der Waals surface area (Å²) in [7, 11) is -0.652. The lowest BCUT2D eigenvalue weighted by molar-refractivity contribution is -0.140. The molecule has 3 aromatic rings. The number of pyridine rings is 1. The van der Waals surface area contributed by atoms with E-state index >= 15 is 0 Å². The summed E-state index contributed by atoms with van der Waals surface area (Å²) in [5.74, 6) is -2.14. The molecule has 284 valence electrons. The number of amides is 3. The topological polar surface area (TPSA) is 157 Å². The molecule has 3 saturated carbocycles. The van der Waals surface area contributed by atoms with Crippen LogP contribution in [0.15, 0.2) is 35.7 Å². The van der Waals surface area contributed by atoms with Crippen molar-refractivity contribution in [3.8, 4) is 22.2 Å². The van der Waals surface area contributed by atoms with Gasteiger partial charge in [-0.1, -0.05) is 37.6 Å². The van der Waals surface area contributed by atoms with Crippen molar-refractivity contribution >= 4 is 61.6 Å². The van der Waals surface area contributed by atoms with Gasteiger partial charge in [0, 0.05) is 36.3 Å². The lowest BCUT2D eigenvalue weighted by atomic mass is 9.93. The number of nitrogens with zero attached hydrogens (tertiary/aromatic N) is 3. The van der Waals surface area contributed by atoms with Gasteiger partial charge in [0.25, 0.3) is 5.91 Å². The Morgan fingerprint density at radius 2 is 1.89 bits per heavy atom. The van der Waals surface area contributed by atoms with E-state index < -0.39 is 50.1 Å². The monoisotopic (exact) mass is 783 g/mol. The van der Waals surface area contributed by atoms with E-state index in [1.54, 1.807) is 24.9 Å². The van der Waals surface area contributed by atoms with Gasteiger partial charge in [-0.3, -0.25) is 19.1 Å². The lowest BCUT2D eigenvalue weighted by Crippen LogP contribution is -2.55. The maximum atomic E-state index is 14.3. The number of ether oxygens (including phenoxy) is 2. The van der Waals surface area contributed by atoms with Crippen molar-refractivity contribution in [1.82, 2.24) is 24.9 Å². The highest BCUT2D eigenvalue weighted by atomic mass is 35.5. The maximum Gasteiger partial charge on any atom is 0.259 e. The molecule has 2 N–H and O–H groups in total. The molecule has 0 saturated heterocycles. The Morgan fingerprint density at radius 3 is 2.58 bits per heavy atom. The molecule has 1 aromatic carbocycles. The molecule has 0 bridgehead atoms. The molecule has 5 atom stereocenters. The molecule has 1 aliphatic heterocycles. The van der Waals surface area contributed by atoms with Crippen molar-refractivity contribution in [2.45, 2.75) is 94.4 Å². The predicted molar refractivity (Wildman–Crippen MR) is 203 cm³/mol. The maximum absolute atomic E-state index is 14.3. The quantitative estimate of drug-likeness (QED) is 0.262. The molecule has 2 aromatic heterocycles. The normalized spacial score (nSPS) is 27.1. The number of benzene rings is 1. The average Bonchev–Trinajstić information content (AvgIpc) is 3.89. The molecule has 12 nitrogen and oxygen atoms in total. The Balaban J connectivity index is 1.21. The Labute approximate surface area is 319 Å². The van der Waals surface area contributed by atoms with Crippen LogP contribution in [0.1, 0.15) is 83.7 Å². The Morgan fingerprint density at radius 1 is 1.13 bits per heavy atom. The van der Waals surface area contributed by atoms with Crippen LogP contribution in [0, 0.1) is 17.8 Å². The van der Waals surface area contributed by atoms with Gasteiger partial charge in [-0.15, -0.1) is 11.3 Å². The van der Waals surface area contributed by atoms with Gasteiger partial charge in [-0.05, 0) is 76.3 Å². The van der Waals surface area contributed by atoms with Crippen molar-refractivity contribution in [3.63, 3.8) is 0 Å². The Bertz CT molecular complexity index is 2100. The largest absolute Gasteiger partial charge is 0.495 e.